The van der Waals surface area contributed by atoms with Gasteiger partial charge in [-0.1, -0.05) is 36.8 Å². The van der Waals surface area contributed by atoms with Gasteiger partial charge in [0.15, 0.2) is 0 Å². The van der Waals surface area contributed by atoms with Crippen LogP contribution in [0, 0.1) is 6.92 Å². The molecule has 0 heterocycles. The van der Waals surface area contributed by atoms with Gasteiger partial charge in [0.25, 0.3) is 0 Å². The fourth-order valence-corrected chi connectivity index (χ4v) is 1.17. The van der Waals surface area contributed by atoms with Crippen molar-refractivity contribution >= 4 is 0 Å². The number of benzene rings is 1. The Hall–Kier alpha value is -0.820. The molecule has 0 saturated carbocycles. The fraction of sp³-hybridized carbons (Fsp3) is 0.455. The molecule has 2 unspecified atom stereocenters. The summed E-state index contributed by atoms with van der Waals surface area (Å²) in [5.41, 5.74) is 8.44. The zero-order valence-electron chi connectivity index (χ0n) is 8.04. The molecule has 1 nitrogen and oxygen atoms in total. The summed E-state index contributed by atoms with van der Waals surface area (Å²) in [4.78, 5) is 0. The van der Waals surface area contributed by atoms with Gasteiger partial charge in [-0.3, -0.25) is 0 Å². The highest BCUT2D eigenvalue weighted by atomic mass is 14.6. The van der Waals surface area contributed by atoms with Gasteiger partial charge in [-0.2, -0.15) is 0 Å². The molecule has 0 fully saturated rings. The summed E-state index contributed by atoms with van der Waals surface area (Å²) in [7, 11) is 0. The summed E-state index contributed by atoms with van der Waals surface area (Å²) in [6.07, 6.45) is 0. The topological polar surface area (TPSA) is 26.0 Å². The first-order chi connectivity index (χ1) is 5.61. The monoisotopic (exact) mass is 163 g/mol. The third-order valence-electron chi connectivity index (χ3n) is 2.39. The van der Waals surface area contributed by atoms with Gasteiger partial charge in [0, 0.05) is 6.04 Å². The van der Waals surface area contributed by atoms with Crippen LogP contribution in [-0.2, 0) is 0 Å². The second-order valence-electron chi connectivity index (χ2n) is 3.56. The average molecular weight is 163 g/mol. The van der Waals surface area contributed by atoms with E-state index in [1.807, 2.05) is 6.92 Å². The largest absolute Gasteiger partial charge is 0.327 e. The molecule has 1 aromatic rings. The van der Waals surface area contributed by atoms with Crippen LogP contribution in [0.15, 0.2) is 24.3 Å². The Morgan fingerprint density at radius 2 is 1.58 bits per heavy atom. The Morgan fingerprint density at radius 3 is 2.00 bits per heavy atom. The SMILES string of the molecule is Cc1ccc(C(C)C(C)N)cc1. The first-order valence-corrected chi connectivity index (χ1v) is 4.43. The van der Waals surface area contributed by atoms with Crippen molar-refractivity contribution in [3.05, 3.63) is 35.4 Å². The molecule has 12 heavy (non-hydrogen) atoms. The second-order valence-corrected chi connectivity index (χ2v) is 3.56. The molecule has 0 aliphatic heterocycles. The summed E-state index contributed by atoms with van der Waals surface area (Å²) in [6.45, 7) is 6.31. The van der Waals surface area contributed by atoms with E-state index in [0.717, 1.165) is 0 Å². The maximum absolute atomic E-state index is 5.81. The molecule has 0 aromatic heterocycles. The molecule has 2 atom stereocenters. The van der Waals surface area contributed by atoms with Crippen molar-refractivity contribution < 1.29 is 0 Å². The highest BCUT2D eigenvalue weighted by molar-refractivity contribution is 5.24. The lowest BCUT2D eigenvalue weighted by Crippen LogP contribution is -2.22. The van der Waals surface area contributed by atoms with E-state index < -0.39 is 0 Å². The molecule has 0 aliphatic carbocycles. The molecule has 66 valence electrons. The third kappa shape index (κ3) is 2.08. The van der Waals surface area contributed by atoms with Crippen molar-refractivity contribution in [1.29, 1.82) is 0 Å². The molecule has 0 saturated heterocycles. The predicted molar refractivity (Wildman–Crippen MR) is 53.2 cm³/mol. The molecular formula is C11H17N. The number of nitrogens with two attached hydrogens (primary N) is 1. The second kappa shape index (κ2) is 3.72. The summed E-state index contributed by atoms with van der Waals surface area (Å²) in [6, 6.07) is 8.81. The van der Waals surface area contributed by atoms with Crippen LogP contribution in [0.4, 0.5) is 0 Å². The van der Waals surface area contributed by atoms with Crippen LogP contribution in [0.2, 0.25) is 0 Å². The highest BCUT2D eigenvalue weighted by Crippen LogP contribution is 2.17. The number of hydrogen-bond donors (Lipinski definition) is 1. The molecule has 0 amide bonds. The van der Waals surface area contributed by atoms with Gasteiger partial charge in [-0.15, -0.1) is 0 Å². The van der Waals surface area contributed by atoms with Crippen molar-refractivity contribution in [3.63, 3.8) is 0 Å². The van der Waals surface area contributed by atoms with E-state index >= 15 is 0 Å². The molecule has 0 bridgehead atoms. The van der Waals surface area contributed by atoms with Crippen LogP contribution >= 0.6 is 0 Å². The maximum Gasteiger partial charge on any atom is 0.00766 e. The zero-order chi connectivity index (χ0) is 9.14. The summed E-state index contributed by atoms with van der Waals surface area (Å²) in [5, 5.41) is 0. The summed E-state index contributed by atoms with van der Waals surface area (Å²) >= 11 is 0. The molecule has 2 N–H and O–H groups in total. The lowest BCUT2D eigenvalue weighted by atomic mass is 9.94. The molecule has 1 rings (SSSR count). The standard InChI is InChI=1S/C11H17N/c1-8-4-6-11(7-5-8)9(2)10(3)12/h4-7,9-10H,12H2,1-3H3. The van der Waals surface area contributed by atoms with Gasteiger partial charge in [-0.05, 0) is 25.3 Å². The minimum Gasteiger partial charge on any atom is -0.327 e. The lowest BCUT2D eigenvalue weighted by Gasteiger charge is -2.15. The Bertz CT molecular complexity index is 236. The molecule has 0 spiro atoms. The Labute approximate surface area is 74.6 Å². The predicted octanol–water partition coefficient (Wildman–Crippen LogP) is 2.45. The van der Waals surface area contributed by atoms with Gasteiger partial charge < -0.3 is 5.73 Å². The molecule has 1 aromatic carbocycles. The Morgan fingerprint density at radius 1 is 1.08 bits per heavy atom. The molecule has 0 aliphatic rings. The van der Waals surface area contributed by atoms with Crippen molar-refractivity contribution in [2.45, 2.75) is 32.7 Å². The number of rotatable bonds is 2. The minimum atomic E-state index is 0.229. The number of aryl methyl sites for hydroxylation is 1. The normalized spacial score (nSPS) is 15.7. The summed E-state index contributed by atoms with van der Waals surface area (Å²) < 4.78 is 0. The van der Waals surface area contributed by atoms with Crippen LogP contribution < -0.4 is 5.73 Å². The first kappa shape index (κ1) is 9.27. The number of hydrogen-bond acceptors (Lipinski definition) is 1. The average Bonchev–Trinajstić information content (AvgIpc) is 2.04. The Balaban J connectivity index is 2.82. The fourth-order valence-electron chi connectivity index (χ4n) is 1.17. The quantitative estimate of drug-likeness (QED) is 0.712. The van der Waals surface area contributed by atoms with Gasteiger partial charge in [0.2, 0.25) is 0 Å². The lowest BCUT2D eigenvalue weighted by molar-refractivity contribution is 0.613. The van der Waals surface area contributed by atoms with Gasteiger partial charge in [0.1, 0.15) is 0 Å². The van der Waals surface area contributed by atoms with Crippen molar-refractivity contribution in [1.82, 2.24) is 0 Å². The molecule has 1 heteroatoms. The Kier molecular flexibility index (Phi) is 2.88. The van der Waals surface area contributed by atoms with Crippen LogP contribution in [0.5, 0.6) is 0 Å². The highest BCUT2D eigenvalue weighted by Gasteiger charge is 2.08. The molecular weight excluding hydrogens is 146 g/mol. The summed E-state index contributed by atoms with van der Waals surface area (Å²) in [5.74, 6) is 0.450. The van der Waals surface area contributed by atoms with Crippen LogP contribution in [0.3, 0.4) is 0 Å². The zero-order valence-corrected chi connectivity index (χ0v) is 8.04. The minimum absolute atomic E-state index is 0.229. The molecule has 0 radical (unpaired) electrons. The van der Waals surface area contributed by atoms with Gasteiger partial charge in [0.05, 0.1) is 0 Å². The van der Waals surface area contributed by atoms with Gasteiger partial charge >= 0.3 is 0 Å². The van der Waals surface area contributed by atoms with E-state index in [1.165, 1.54) is 11.1 Å². The van der Waals surface area contributed by atoms with E-state index in [-0.39, 0.29) is 6.04 Å². The van der Waals surface area contributed by atoms with E-state index in [2.05, 4.69) is 38.1 Å². The van der Waals surface area contributed by atoms with E-state index in [4.69, 9.17) is 5.73 Å². The van der Waals surface area contributed by atoms with Gasteiger partial charge in [-0.25, -0.2) is 0 Å². The van der Waals surface area contributed by atoms with E-state index in [0.29, 0.717) is 5.92 Å². The third-order valence-corrected chi connectivity index (χ3v) is 2.39. The van der Waals surface area contributed by atoms with Crippen LogP contribution in [0.25, 0.3) is 0 Å². The first-order valence-electron chi connectivity index (χ1n) is 4.43. The van der Waals surface area contributed by atoms with Crippen molar-refractivity contribution in [3.8, 4) is 0 Å². The van der Waals surface area contributed by atoms with E-state index in [1.54, 1.807) is 0 Å². The van der Waals surface area contributed by atoms with Crippen molar-refractivity contribution in [2.24, 2.45) is 5.73 Å². The van der Waals surface area contributed by atoms with Crippen LogP contribution in [0.1, 0.15) is 30.9 Å². The van der Waals surface area contributed by atoms with Crippen molar-refractivity contribution in [2.75, 3.05) is 0 Å². The van der Waals surface area contributed by atoms with Crippen LogP contribution in [-0.4, -0.2) is 6.04 Å². The smallest absolute Gasteiger partial charge is 0.00766 e. The van der Waals surface area contributed by atoms with E-state index in [9.17, 15) is 0 Å². The maximum atomic E-state index is 5.81.